The molecule has 0 aliphatic carbocycles. The van der Waals surface area contributed by atoms with Crippen LogP contribution in [-0.2, 0) is 11.2 Å². The van der Waals surface area contributed by atoms with Crippen LogP contribution in [0.15, 0.2) is 24.3 Å². The predicted octanol–water partition coefficient (Wildman–Crippen LogP) is 0.954. The highest BCUT2D eigenvalue weighted by atomic mass is 32.1. The van der Waals surface area contributed by atoms with E-state index in [0.717, 1.165) is 17.7 Å². The zero-order chi connectivity index (χ0) is 12.3. The summed E-state index contributed by atoms with van der Waals surface area (Å²) in [7, 11) is 1.64. The lowest BCUT2D eigenvalue weighted by Gasteiger charge is -2.14. The summed E-state index contributed by atoms with van der Waals surface area (Å²) in [6.45, 7) is 0.925. The molecule has 1 N–H and O–H groups in total. The van der Waals surface area contributed by atoms with Crippen molar-refractivity contribution in [2.24, 2.45) is 0 Å². The summed E-state index contributed by atoms with van der Waals surface area (Å²) in [5.74, 6) is 0.869. The van der Waals surface area contributed by atoms with Crippen molar-refractivity contribution in [2.75, 3.05) is 20.2 Å². The summed E-state index contributed by atoms with van der Waals surface area (Å²) < 4.78 is 5.15. The molecule has 5 heteroatoms. The van der Waals surface area contributed by atoms with Crippen LogP contribution < -0.4 is 10.1 Å². The smallest absolute Gasteiger partial charge is 0.248 e. The minimum Gasteiger partial charge on any atom is -0.497 e. The van der Waals surface area contributed by atoms with E-state index in [1.54, 1.807) is 12.0 Å². The minimum atomic E-state index is 0.0397. The Morgan fingerprint density at radius 3 is 3.00 bits per heavy atom. The number of hydrogen-bond donors (Lipinski definition) is 1. The molecule has 4 nitrogen and oxygen atoms in total. The number of nitrogens with zero attached hydrogens (tertiary/aromatic N) is 1. The van der Waals surface area contributed by atoms with Crippen molar-refractivity contribution in [3.05, 3.63) is 29.8 Å². The maximum Gasteiger partial charge on any atom is 0.248 e. The van der Waals surface area contributed by atoms with Crippen LogP contribution in [0.1, 0.15) is 5.56 Å². The van der Waals surface area contributed by atoms with Gasteiger partial charge in [0.05, 0.1) is 13.7 Å². The number of benzene rings is 1. The van der Waals surface area contributed by atoms with E-state index in [-0.39, 0.29) is 5.91 Å². The first kappa shape index (κ1) is 11.9. The molecule has 1 fully saturated rings. The molecule has 1 aliphatic heterocycles. The zero-order valence-corrected chi connectivity index (χ0v) is 10.4. The van der Waals surface area contributed by atoms with Crippen molar-refractivity contribution in [2.45, 2.75) is 6.42 Å². The zero-order valence-electron chi connectivity index (χ0n) is 9.60. The van der Waals surface area contributed by atoms with Crippen LogP contribution in [0.3, 0.4) is 0 Å². The molecule has 0 bridgehead atoms. The van der Waals surface area contributed by atoms with Crippen LogP contribution in [0.25, 0.3) is 0 Å². The van der Waals surface area contributed by atoms with Crippen molar-refractivity contribution in [1.82, 2.24) is 10.2 Å². The molecule has 1 heterocycles. The second kappa shape index (κ2) is 5.14. The van der Waals surface area contributed by atoms with Crippen LogP contribution >= 0.6 is 12.2 Å². The van der Waals surface area contributed by atoms with Crippen LogP contribution in [0, 0.1) is 0 Å². The second-order valence-electron chi connectivity index (χ2n) is 3.81. The summed E-state index contributed by atoms with van der Waals surface area (Å²) in [4.78, 5) is 13.1. The number of hydrogen-bond acceptors (Lipinski definition) is 3. The molecule has 1 aliphatic rings. The number of carbonyl (C=O) groups excluding carboxylic acids is 1. The lowest BCUT2D eigenvalue weighted by molar-refractivity contribution is -0.124. The Hall–Kier alpha value is -1.62. The van der Waals surface area contributed by atoms with Gasteiger partial charge < -0.3 is 10.1 Å². The second-order valence-corrected chi connectivity index (χ2v) is 4.19. The molecular formula is C12H14N2O2S. The third-order valence-electron chi connectivity index (χ3n) is 2.70. The monoisotopic (exact) mass is 250 g/mol. The molecule has 2 rings (SSSR count). The number of thiocarbonyl (C=S) groups is 1. The fourth-order valence-electron chi connectivity index (χ4n) is 1.75. The van der Waals surface area contributed by atoms with Crippen LogP contribution in [0.5, 0.6) is 5.75 Å². The van der Waals surface area contributed by atoms with Gasteiger partial charge in [-0.05, 0) is 36.3 Å². The largest absolute Gasteiger partial charge is 0.497 e. The molecule has 0 atom stereocenters. The van der Waals surface area contributed by atoms with E-state index < -0.39 is 0 Å². The SMILES string of the molecule is COc1cccc(CCN2C(=O)CNC2=S)c1. The van der Waals surface area contributed by atoms with Crippen molar-refractivity contribution in [1.29, 1.82) is 0 Å². The normalized spacial score (nSPS) is 15.0. The quantitative estimate of drug-likeness (QED) is 0.808. The lowest BCUT2D eigenvalue weighted by Crippen LogP contribution is -2.32. The number of amides is 1. The molecule has 17 heavy (non-hydrogen) atoms. The highest BCUT2D eigenvalue weighted by Crippen LogP contribution is 2.13. The van der Waals surface area contributed by atoms with Gasteiger partial charge in [0.15, 0.2) is 5.11 Å². The summed E-state index contributed by atoms with van der Waals surface area (Å²) >= 11 is 5.05. The minimum absolute atomic E-state index is 0.0397. The first-order chi connectivity index (χ1) is 8.20. The molecule has 0 aromatic heterocycles. The van der Waals surface area contributed by atoms with E-state index in [1.165, 1.54) is 0 Å². The first-order valence-electron chi connectivity index (χ1n) is 5.42. The Morgan fingerprint density at radius 2 is 2.35 bits per heavy atom. The van der Waals surface area contributed by atoms with E-state index in [0.29, 0.717) is 18.2 Å². The third-order valence-corrected chi connectivity index (χ3v) is 3.06. The highest BCUT2D eigenvalue weighted by molar-refractivity contribution is 7.80. The fourth-order valence-corrected chi connectivity index (χ4v) is 2.02. The molecule has 0 unspecified atom stereocenters. The summed E-state index contributed by atoms with van der Waals surface area (Å²) in [6, 6.07) is 7.82. The number of ether oxygens (including phenoxy) is 1. The standard InChI is InChI=1S/C12H14N2O2S/c1-16-10-4-2-3-9(7-10)5-6-14-11(15)8-13-12(14)17/h2-4,7H,5-6,8H2,1H3,(H,13,17). The molecule has 1 aromatic rings. The maximum atomic E-state index is 11.5. The lowest BCUT2D eigenvalue weighted by atomic mass is 10.1. The Bertz CT molecular complexity index is 432. The molecule has 1 saturated heterocycles. The van der Waals surface area contributed by atoms with Crippen LogP contribution in [0.2, 0.25) is 0 Å². The Morgan fingerprint density at radius 1 is 1.53 bits per heavy atom. The van der Waals surface area contributed by atoms with E-state index in [1.807, 2.05) is 24.3 Å². The van der Waals surface area contributed by atoms with Crippen molar-refractivity contribution < 1.29 is 9.53 Å². The third kappa shape index (κ3) is 2.74. The summed E-state index contributed by atoms with van der Waals surface area (Å²) in [5, 5.41) is 3.39. The van der Waals surface area contributed by atoms with E-state index >= 15 is 0 Å². The average Bonchev–Trinajstić information content (AvgIpc) is 2.67. The molecule has 0 spiro atoms. The predicted molar refractivity (Wildman–Crippen MR) is 69.0 cm³/mol. The van der Waals surface area contributed by atoms with Crippen molar-refractivity contribution in [3.8, 4) is 5.75 Å². The molecular weight excluding hydrogens is 236 g/mol. The molecule has 0 radical (unpaired) electrons. The van der Waals surface area contributed by atoms with Crippen molar-refractivity contribution in [3.63, 3.8) is 0 Å². The maximum absolute atomic E-state index is 11.5. The number of rotatable bonds is 4. The van der Waals surface area contributed by atoms with Gasteiger partial charge in [0, 0.05) is 6.54 Å². The molecule has 90 valence electrons. The average molecular weight is 250 g/mol. The number of carbonyl (C=O) groups is 1. The van der Waals surface area contributed by atoms with Crippen LogP contribution in [-0.4, -0.2) is 36.1 Å². The Kier molecular flexibility index (Phi) is 3.58. The van der Waals surface area contributed by atoms with Gasteiger partial charge in [-0.25, -0.2) is 0 Å². The topological polar surface area (TPSA) is 41.6 Å². The van der Waals surface area contributed by atoms with Gasteiger partial charge in [0.2, 0.25) is 5.91 Å². The van der Waals surface area contributed by atoms with E-state index in [2.05, 4.69) is 5.32 Å². The Labute approximate surface area is 106 Å². The van der Waals surface area contributed by atoms with Gasteiger partial charge >= 0.3 is 0 Å². The van der Waals surface area contributed by atoms with Crippen LogP contribution in [0.4, 0.5) is 0 Å². The van der Waals surface area contributed by atoms with Gasteiger partial charge in [-0.3, -0.25) is 9.69 Å². The van der Waals surface area contributed by atoms with Gasteiger partial charge in [0.25, 0.3) is 0 Å². The van der Waals surface area contributed by atoms with E-state index in [9.17, 15) is 4.79 Å². The number of nitrogens with one attached hydrogen (secondary N) is 1. The molecule has 0 saturated carbocycles. The van der Waals surface area contributed by atoms with Gasteiger partial charge in [-0.1, -0.05) is 12.1 Å². The first-order valence-corrected chi connectivity index (χ1v) is 5.82. The summed E-state index contributed by atoms with van der Waals surface area (Å²) in [6.07, 6.45) is 0.769. The highest BCUT2D eigenvalue weighted by Gasteiger charge is 2.24. The van der Waals surface area contributed by atoms with E-state index in [4.69, 9.17) is 17.0 Å². The van der Waals surface area contributed by atoms with Crippen molar-refractivity contribution >= 4 is 23.2 Å². The fraction of sp³-hybridized carbons (Fsp3) is 0.333. The summed E-state index contributed by atoms with van der Waals surface area (Å²) in [5.41, 5.74) is 1.13. The van der Waals surface area contributed by atoms with Gasteiger partial charge in [-0.15, -0.1) is 0 Å². The van der Waals surface area contributed by atoms with Gasteiger partial charge in [0.1, 0.15) is 5.75 Å². The molecule has 1 amide bonds. The number of methoxy groups -OCH3 is 1. The Balaban J connectivity index is 1.97. The van der Waals surface area contributed by atoms with Gasteiger partial charge in [-0.2, -0.15) is 0 Å². The molecule has 1 aromatic carbocycles.